The van der Waals surface area contributed by atoms with Gasteiger partial charge in [0.05, 0.1) is 12.4 Å². The van der Waals surface area contributed by atoms with E-state index in [0.29, 0.717) is 0 Å². The fourth-order valence-corrected chi connectivity index (χ4v) is 6.01. The van der Waals surface area contributed by atoms with Crippen molar-refractivity contribution >= 4 is 39.1 Å². The van der Waals surface area contributed by atoms with Gasteiger partial charge in [-0.2, -0.15) is 5.10 Å². The Kier molecular flexibility index (Phi) is 10.9. The first-order chi connectivity index (χ1) is 20.5. The third kappa shape index (κ3) is 8.33. The van der Waals surface area contributed by atoms with E-state index in [1.807, 2.05) is 36.7 Å². The topological polar surface area (TPSA) is 66.7 Å². The molecule has 0 aliphatic heterocycles. The maximum Gasteiger partial charge on any atom is 0.0565 e. The van der Waals surface area contributed by atoms with Crippen molar-refractivity contribution in [1.29, 1.82) is 0 Å². The number of halogens is 3. The number of nitrogens with one attached hydrogen (secondary N) is 2. The van der Waals surface area contributed by atoms with E-state index in [9.17, 15) is 0 Å². The molecule has 4 aromatic carbocycles. The lowest BCUT2D eigenvalue weighted by Gasteiger charge is -2.22. The number of nitrogens with two attached hydrogens (primary N) is 1. The highest BCUT2D eigenvalue weighted by atomic mass is 79.9. The molecule has 0 fully saturated rings. The highest BCUT2D eigenvalue weighted by molar-refractivity contribution is 9.10. The summed E-state index contributed by atoms with van der Waals surface area (Å²) in [5.41, 5.74) is 13.9. The van der Waals surface area contributed by atoms with E-state index in [1.54, 1.807) is 0 Å². The molecule has 3 unspecified atom stereocenters. The molecule has 0 aliphatic rings. The van der Waals surface area contributed by atoms with Crippen LogP contribution in [-0.2, 0) is 0 Å². The number of aromatic amines is 1. The summed E-state index contributed by atoms with van der Waals surface area (Å²) in [5.74, 6) is 0.521. The van der Waals surface area contributed by atoms with Crippen molar-refractivity contribution in [2.45, 2.75) is 43.7 Å². The number of benzene rings is 4. The molecule has 4 nitrogen and oxygen atoms in total. The quantitative estimate of drug-likeness (QED) is 0.0870. The lowest BCUT2D eigenvalue weighted by Crippen LogP contribution is -2.38. The van der Waals surface area contributed by atoms with Gasteiger partial charge in [-0.25, -0.2) is 0 Å². The van der Waals surface area contributed by atoms with Gasteiger partial charge in [0.25, 0.3) is 0 Å². The summed E-state index contributed by atoms with van der Waals surface area (Å²) in [4.78, 5) is 0. The summed E-state index contributed by atoms with van der Waals surface area (Å²) < 4.78 is 1.07. The molecule has 1 aromatic heterocycles. The van der Waals surface area contributed by atoms with Crippen LogP contribution >= 0.6 is 39.1 Å². The molecular weight excluding hydrogens is 627 g/mol. The van der Waals surface area contributed by atoms with Crippen LogP contribution in [0.5, 0.6) is 0 Å². The van der Waals surface area contributed by atoms with Crippen LogP contribution in [0.3, 0.4) is 0 Å². The lowest BCUT2D eigenvalue weighted by molar-refractivity contribution is 0.455. The van der Waals surface area contributed by atoms with Crippen LogP contribution in [0.15, 0.2) is 114 Å². The standard InChI is InChI=1S/C35H35BrCl2N4/c36-30-13-7-26(8-14-30)34(28-11-17-32(38)18-12-28)19-20-35(39)40-21-1-2-33(27-9-15-31(37)16-10-27)25-5-3-24(4-6-25)29-22-41-42-23-29/h3-18,22-23,33-35,40H,1-2,19-21,39H2,(H,41,42). The molecule has 3 atom stereocenters. The zero-order valence-corrected chi connectivity index (χ0v) is 26.4. The van der Waals surface area contributed by atoms with Crippen molar-refractivity contribution in [2.75, 3.05) is 6.54 Å². The minimum atomic E-state index is -0.0847. The Morgan fingerprint density at radius 2 is 1.17 bits per heavy atom. The average Bonchev–Trinajstić information content (AvgIpc) is 3.55. The molecular formula is C35H35BrCl2N4. The van der Waals surface area contributed by atoms with Gasteiger partial charge in [0.2, 0.25) is 0 Å². The maximum absolute atomic E-state index is 6.58. The van der Waals surface area contributed by atoms with Gasteiger partial charge in [0, 0.05) is 38.1 Å². The molecule has 0 amide bonds. The van der Waals surface area contributed by atoms with Crippen molar-refractivity contribution in [3.8, 4) is 11.1 Å². The Hall–Kier alpha value is -2.93. The second-order valence-corrected chi connectivity index (χ2v) is 12.4. The molecule has 5 aromatic rings. The van der Waals surface area contributed by atoms with Crippen LogP contribution in [0.1, 0.15) is 59.8 Å². The van der Waals surface area contributed by atoms with Gasteiger partial charge in [-0.3, -0.25) is 5.10 Å². The summed E-state index contributed by atoms with van der Waals surface area (Å²) in [6.45, 7) is 0.849. The first-order valence-electron chi connectivity index (χ1n) is 14.3. The van der Waals surface area contributed by atoms with Crippen molar-refractivity contribution in [1.82, 2.24) is 15.5 Å². The van der Waals surface area contributed by atoms with Crippen LogP contribution in [0.4, 0.5) is 0 Å². The van der Waals surface area contributed by atoms with Crippen LogP contribution < -0.4 is 11.1 Å². The monoisotopic (exact) mass is 660 g/mol. The fraction of sp³-hybridized carbons (Fsp3) is 0.229. The minimum Gasteiger partial charge on any atom is -0.316 e. The molecule has 0 bridgehead atoms. The molecule has 5 rings (SSSR count). The third-order valence-electron chi connectivity index (χ3n) is 7.80. The van der Waals surface area contributed by atoms with Crippen LogP contribution in [-0.4, -0.2) is 22.9 Å². The Bertz CT molecular complexity index is 1460. The second kappa shape index (κ2) is 15.0. The number of nitrogens with zero attached hydrogens (tertiary/aromatic N) is 1. The summed E-state index contributed by atoms with van der Waals surface area (Å²) in [7, 11) is 0. The molecule has 42 heavy (non-hydrogen) atoms. The van der Waals surface area contributed by atoms with Crippen LogP contribution in [0.25, 0.3) is 11.1 Å². The molecule has 7 heteroatoms. The van der Waals surface area contributed by atoms with Crippen molar-refractivity contribution in [3.05, 3.63) is 146 Å². The molecule has 216 valence electrons. The second-order valence-electron chi connectivity index (χ2n) is 10.6. The third-order valence-corrected chi connectivity index (χ3v) is 8.84. The number of hydrogen-bond acceptors (Lipinski definition) is 3. The minimum absolute atomic E-state index is 0.0847. The Morgan fingerprint density at radius 3 is 1.69 bits per heavy atom. The van der Waals surface area contributed by atoms with Gasteiger partial charge in [-0.15, -0.1) is 0 Å². The molecule has 1 heterocycles. The Labute approximate surface area is 266 Å². The molecule has 0 spiro atoms. The zero-order valence-electron chi connectivity index (χ0n) is 23.3. The summed E-state index contributed by atoms with van der Waals surface area (Å²) in [6, 6.07) is 33.7. The van der Waals surface area contributed by atoms with Crippen molar-refractivity contribution in [3.63, 3.8) is 0 Å². The van der Waals surface area contributed by atoms with E-state index >= 15 is 0 Å². The first-order valence-corrected chi connectivity index (χ1v) is 15.9. The maximum atomic E-state index is 6.58. The van der Waals surface area contributed by atoms with E-state index in [4.69, 9.17) is 28.9 Å². The fourth-order valence-electron chi connectivity index (χ4n) is 5.50. The Balaban J connectivity index is 1.19. The molecule has 0 radical (unpaired) electrons. The largest absolute Gasteiger partial charge is 0.316 e. The van der Waals surface area contributed by atoms with Gasteiger partial charge < -0.3 is 11.1 Å². The highest BCUT2D eigenvalue weighted by Crippen LogP contribution is 2.33. The summed E-state index contributed by atoms with van der Waals surface area (Å²) in [5, 5.41) is 12.0. The van der Waals surface area contributed by atoms with E-state index in [1.165, 1.54) is 22.3 Å². The van der Waals surface area contributed by atoms with Gasteiger partial charge in [-0.05, 0) is 96.4 Å². The number of aromatic nitrogens is 2. The molecule has 0 aliphatic carbocycles. The molecule has 0 saturated carbocycles. The SMILES string of the molecule is NC(CCC(c1ccc(Cl)cc1)c1ccc(Br)cc1)NCCCC(c1ccc(Cl)cc1)c1ccc(-c2cn[nH]c2)cc1. The molecule has 4 N–H and O–H groups in total. The predicted octanol–water partition coefficient (Wildman–Crippen LogP) is 9.54. The first kappa shape index (κ1) is 30.5. The average molecular weight is 663 g/mol. The zero-order chi connectivity index (χ0) is 29.3. The van der Waals surface area contributed by atoms with Gasteiger partial charge in [0.1, 0.15) is 0 Å². The van der Waals surface area contributed by atoms with Gasteiger partial charge >= 0.3 is 0 Å². The smallest absolute Gasteiger partial charge is 0.0565 e. The lowest BCUT2D eigenvalue weighted by atomic mass is 9.86. The van der Waals surface area contributed by atoms with Crippen molar-refractivity contribution in [2.24, 2.45) is 5.73 Å². The van der Waals surface area contributed by atoms with Crippen molar-refractivity contribution < 1.29 is 0 Å². The highest BCUT2D eigenvalue weighted by Gasteiger charge is 2.18. The van der Waals surface area contributed by atoms with E-state index in [0.717, 1.165) is 57.9 Å². The molecule has 0 saturated heterocycles. The summed E-state index contributed by atoms with van der Waals surface area (Å²) in [6.07, 6.45) is 7.47. The number of H-pyrrole nitrogens is 1. The Morgan fingerprint density at radius 1 is 0.667 bits per heavy atom. The van der Waals surface area contributed by atoms with Crippen LogP contribution in [0, 0.1) is 0 Å². The van der Waals surface area contributed by atoms with E-state index in [2.05, 4.69) is 104 Å². The summed E-state index contributed by atoms with van der Waals surface area (Å²) >= 11 is 15.9. The van der Waals surface area contributed by atoms with Crippen LogP contribution in [0.2, 0.25) is 10.0 Å². The van der Waals surface area contributed by atoms with E-state index in [-0.39, 0.29) is 18.0 Å². The normalized spacial score (nSPS) is 13.5. The number of hydrogen-bond donors (Lipinski definition) is 3. The van der Waals surface area contributed by atoms with E-state index < -0.39 is 0 Å². The van der Waals surface area contributed by atoms with Gasteiger partial charge in [0.15, 0.2) is 0 Å². The van der Waals surface area contributed by atoms with Gasteiger partial charge in [-0.1, -0.05) is 99.8 Å². The predicted molar refractivity (Wildman–Crippen MR) is 179 cm³/mol. The number of rotatable bonds is 13.